The van der Waals surface area contributed by atoms with E-state index in [1.165, 1.54) is 5.52 Å². The number of aryl methyl sites for hydroxylation is 1. The Labute approximate surface area is 77.5 Å². The Balaban J connectivity index is 2.73. The van der Waals surface area contributed by atoms with E-state index in [2.05, 4.69) is 15.6 Å². The minimum atomic E-state index is 1.00. The maximum atomic E-state index is 4.48. The molecule has 0 radical (unpaired) electrons. The Morgan fingerprint density at radius 2 is 2.08 bits per heavy atom. The molecule has 0 aliphatic heterocycles. The largest absolute Gasteiger partial charge is 0.328 e. The van der Waals surface area contributed by atoms with Gasteiger partial charge in [0.1, 0.15) is 5.82 Å². The van der Waals surface area contributed by atoms with E-state index < -0.39 is 0 Å². The molecule has 0 spiro atoms. The van der Waals surface area contributed by atoms with Crippen molar-refractivity contribution in [3.8, 4) is 0 Å². The van der Waals surface area contributed by atoms with Crippen LogP contribution in [-0.4, -0.2) is 9.55 Å². The van der Waals surface area contributed by atoms with Crippen LogP contribution in [0.5, 0.6) is 0 Å². The molecule has 0 saturated heterocycles. The van der Waals surface area contributed by atoms with Crippen molar-refractivity contribution < 1.29 is 0 Å². The number of hydrogen-bond acceptors (Lipinski definition) is 1. The first-order chi connectivity index (χ1) is 6.33. The first-order valence-electron chi connectivity index (χ1n) is 4.37. The molecule has 2 heteroatoms. The third kappa shape index (κ3) is 1.24. The number of hydrogen-bond donors (Lipinski definition) is 0. The lowest BCUT2D eigenvalue weighted by atomic mass is 10.3. The lowest BCUT2D eigenvalue weighted by Crippen LogP contribution is -1.90. The standard InChI is InChI=1S/C11H12N2/c1-3-6-11-12-9-7-4-5-8-10(9)13(11)2/h3-8H,1-2H3/b6-3-. The highest BCUT2D eigenvalue weighted by Gasteiger charge is 2.02. The molecular weight excluding hydrogens is 160 g/mol. The molecule has 1 aromatic carbocycles. The van der Waals surface area contributed by atoms with Gasteiger partial charge in [0.2, 0.25) is 0 Å². The number of imidazole rings is 1. The van der Waals surface area contributed by atoms with Gasteiger partial charge in [-0.1, -0.05) is 18.2 Å². The second-order valence-electron chi connectivity index (χ2n) is 3.02. The third-order valence-electron chi connectivity index (χ3n) is 2.14. The van der Waals surface area contributed by atoms with Gasteiger partial charge in [0.15, 0.2) is 0 Å². The molecule has 13 heavy (non-hydrogen) atoms. The number of benzene rings is 1. The van der Waals surface area contributed by atoms with Crippen molar-refractivity contribution in [2.24, 2.45) is 7.05 Å². The van der Waals surface area contributed by atoms with E-state index in [1.54, 1.807) is 0 Å². The summed E-state index contributed by atoms with van der Waals surface area (Å²) in [5, 5.41) is 0. The average molecular weight is 172 g/mol. The minimum absolute atomic E-state index is 1.00. The summed E-state index contributed by atoms with van der Waals surface area (Å²) < 4.78 is 2.09. The molecule has 0 aliphatic rings. The van der Waals surface area contributed by atoms with Crippen molar-refractivity contribution in [1.29, 1.82) is 0 Å². The maximum absolute atomic E-state index is 4.48. The number of para-hydroxylation sites is 2. The van der Waals surface area contributed by atoms with Gasteiger partial charge in [-0.3, -0.25) is 0 Å². The summed E-state index contributed by atoms with van der Waals surface area (Å²) in [6, 6.07) is 8.15. The number of nitrogens with zero attached hydrogens (tertiary/aromatic N) is 2. The summed E-state index contributed by atoms with van der Waals surface area (Å²) in [6.45, 7) is 2.00. The van der Waals surface area contributed by atoms with Gasteiger partial charge in [0.05, 0.1) is 11.0 Å². The molecule has 66 valence electrons. The SMILES string of the molecule is C/C=C\c1nc2ccccc2n1C. The van der Waals surface area contributed by atoms with Gasteiger partial charge in [-0.2, -0.15) is 0 Å². The zero-order chi connectivity index (χ0) is 9.26. The molecule has 2 nitrogen and oxygen atoms in total. The summed E-state index contributed by atoms with van der Waals surface area (Å²) in [5.41, 5.74) is 2.23. The lowest BCUT2D eigenvalue weighted by Gasteiger charge is -1.95. The first-order valence-corrected chi connectivity index (χ1v) is 4.37. The minimum Gasteiger partial charge on any atom is -0.328 e. The van der Waals surface area contributed by atoms with Crippen molar-refractivity contribution in [3.63, 3.8) is 0 Å². The van der Waals surface area contributed by atoms with Crippen LogP contribution in [0.15, 0.2) is 30.3 Å². The van der Waals surface area contributed by atoms with Crippen LogP contribution in [0.4, 0.5) is 0 Å². The summed E-state index contributed by atoms with van der Waals surface area (Å²) >= 11 is 0. The molecular formula is C11H12N2. The smallest absolute Gasteiger partial charge is 0.133 e. The van der Waals surface area contributed by atoms with Crippen LogP contribution in [-0.2, 0) is 7.05 Å². The van der Waals surface area contributed by atoms with E-state index in [0.29, 0.717) is 0 Å². The van der Waals surface area contributed by atoms with Gasteiger partial charge in [-0.05, 0) is 25.1 Å². The van der Waals surface area contributed by atoms with Crippen LogP contribution in [0.3, 0.4) is 0 Å². The van der Waals surface area contributed by atoms with Gasteiger partial charge in [0, 0.05) is 7.05 Å². The summed E-state index contributed by atoms with van der Waals surface area (Å²) in [6.07, 6.45) is 4.02. The molecule has 2 aromatic rings. The molecule has 0 saturated carbocycles. The second kappa shape index (κ2) is 3.05. The van der Waals surface area contributed by atoms with Gasteiger partial charge >= 0.3 is 0 Å². The average Bonchev–Trinajstić information content (AvgIpc) is 2.46. The fraction of sp³-hybridized carbons (Fsp3) is 0.182. The van der Waals surface area contributed by atoms with Crippen molar-refractivity contribution in [3.05, 3.63) is 36.2 Å². The van der Waals surface area contributed by atoms with E-state index in [1.807, 2.05) is 44.3 Å². The normalized spacial score (nSPS) is 11.5. The van der Waals surface area contributed by atoms with Crippen LogP contribution < -0.4 is 0 Å². The van der Waals surface area contributed by atoms with Crippen LogP contribution >= 0.6 is 0 Å². The maximum Gasteiger partial charge on any atom is 0.133 e. The number of allylic oxidation sites excluding steroid dienone is 1. The zero-order valence-electron chi connectivity index (χ0n) is 7.86. The summed E-state index contributed by atoms with van der Waals surface area (Å²) in [7, 11) is 2.03. The second-order valence-corrected chi connectivity index (χ2v) is 3.02. The number of fused-ring (bicyclic) bond motifs is 1. The molecule has 0 atom stereocenters. The van der Waals surface area contributed by atoms with Gasteiger partial charge < -0.3 is 4.57 Å². The van der Waals surface area contributed by atoms with Crippen molar-refractivity contribution in [1.82, 2.24) is 9.55 Å². The highest BCUT2D eigenvalue weighted by molar-refractivity contribution is 5.77. The van der Waals surface area contributed by atoms with E-state index in [4.69, 9.17) is 0 Å². The molecule has 2 rings (SSSR count). The Morgan fingerprint density at radius 3 is 2.77 bits per heavy atom. The molecule has 0 amide bonds. The lowest BCUT2D eigenvalue weighted by molar-refractivity contribution is 0.929. The van der Waals surface area contributed by atoms with Crippen LogP contribution in [0.1, 0.15) is 12.7 Å². The fourth-order valence-corrected chi connectivity index (χ4v) is 1.46. The number of rotatable bonds is 1. The van der Waals surface area contributed by atoms with E-state index >= 15 is 0 Å². The zero-order valence-corrected chi connectivity index (χ0v) is 7.86. The van der Waals surface area contributed by atoms with Gasteiger partial charge in [-0.25, -0.2) is 4.98 Å². The Hall–Kier alpha value is -1.57. The highest BCUT2D eigenvalue weighted by atomic mass is 15.0. The van der Waals surface area contributed by atoms with Gasteiger partial charge in [0.25, 0.3) is 0 Å². The van der Waals surface area contributed by atoms with Crippen LogP contribution in [0, 0.1) is 0 Å². The van der Waals surface area contributed by atoms with E-state index in [-0.39, 0.29) is 0 Å². The predicted molar refractivity (Wildman–Crippen MR) is 55.4 cm³/mol. The first kappa shape index (κ1) is 8.05. The third-order valence-corrected chi connectivity index (χ3v) is 2.14. The molecule has 0 fully saturated rings. The van der Waals surface area contributed by atoms with Crippen LogP contribution in [0.25, 0.3) is 17.1 Å². The number of aromatic nitrogens is 2. The predicted octanol–water partition coefficient (Wildman–Crippen LogP) is 2.61. The van der Waals surface area contributed by atoms with Gasteiger partial charge in [-0.15, -0.1) is 0 Å². The Kier molecular flexibility index (Phi) is 1.89. The Morgan fingerprint density at radius 1 is 1.31 bits per heavy atom. The van der Waals surface area contributed by atoms with Crippen molar-refractivity contribution >= 4 is 17.1 Å². The Bertz CT molecular complexity index is 452. The molecule has 0 aliphatic carbocycles. The monoisotopic (exact) mass is 172 g/mol. The molecule has 1 aromatic heterocycles. The highest BCUT2D eigenvalue weighted by Crippen LogP contribution is 2.14. The molecule has 0 N–H and O–H groups in total. The fourth-order valence-electron chi connectivity index (χ4n) is 1.46. The summed E-state index contributed by atoms with van der Waals surface area (Å²) in [4.78, 5) is 4.48. The molecule has 0 unspecified atom stereocenters. The molecule has 0 bridgehead atoms. The van der Waals surface area contributed by atoms with Crippen LogP contribution in [0.2, 0.25) is 0 Å². The van der Waals surface area contributed by atoms with E-state index in [0.717, 1.165) is 11.3 Å². The molecule has 1 heterocycles. The summed E-state index contributed by atoms with van der Waals surface area (Å²) in [5.74, 6) is 1.00. The quantitative estimate of drug-likeness (QED) is 0.646. The topological polar surface area (TPSA) is 17.8 Å². The van der Waals surface area contributed by atoms with Crippen molar-refractivity contribution in [2.75, 3.05) is 0 Å². The van der Waals surface area contributed by atoms with E-state index in [9.17, 15) is 0 Å². The van der Waals surface area contributed by atoms with Crippen molar-refractivity contribution in [2.45, 2.75) is 6.92 Å².